The Kier molecular flexibility index (Phi) is 7.56. The molecule has 5 heteroatoms. The maximum Gasteiger partial charge on any atom is 0.306 e. The Labute approximate surface area is 153 Å². The molecule has 1 saturated heterocycles. The smallest absolute Gasteiger partial charge is 0.306 e. The molecule has 1 atom stereocenters. The lowest BCUT2D eigenvalue weighted by atomic mass is 9.92. The summed E-state index contributed by atoms with van der Waals surface area (Å²) in [6.45, 7) is 6.53. The van der Waals surface area contributed by atoms with Gasteiger partial charge in [-0.05, 0) is 57.5 Å². The third-order valence-corrected chi connectivity index (χ3v) is 5.27. The van der Waals surface area contributed by atoms with E-state index in [1.807, 2.05) is 19.1 Å². The van der Waals surface area contributed by atoms with Gasteiger partial charge in [0.05, 0.1) is 12.5 Å². The van der Waals surface area contributed by atoms with Gasteiger partial charge in [0.2, 0.25) is 0 Å². The number of carboxylic acids is 1. The lowest BCUT2D eigenvalue weighted by Gasteiger charge is -2.37. The van der Waals surface area contributed by atoms with Crippen LogP contribution in [0.2, 0.25) is 0 Å². The summed E-state index contributed by atoms with van der Waals surface area (Å²) in [5.74, 6) is 0.0985. The van der Waals surface area contributed by atoms with Crippen molar-refractivity contribution in [2.45, 2.75) is 52.0 Å². The van der Waals surface area contributed by atoms with Crippen molar-refractivity contribution in [1.29, 1.82) is 0 Å². The van der Waals surface area contributed by atoms with Gasteiger partial charge in [-0.25, -0.2) is 0 Å². The molecule has 0 spiro atoms. The maximum absolute atomic E-state index is 11.2. The fraction of sp³-hybridized carbons (Fsp3) is 0.632. The van der Waals surface area contributed by atoms with Gasteiger partial charge >= 0.3 is 5.97 Å². The van der Waals surface area contributed by atoms with Crippen LogP contribution in [0.25, 0.3) is 0 Å². The number of rotatable bonds is 8. The number of aliphatic carboxylic acids is 1. The minimum Gasteiger partial charge on any atom is -0.494 e. The van der Waals surface area contributed by atoms with Gasteiger partial charge in [-0.3, -0.25) is 9.69 Å². The minimum absolute atomic E-state index is 0.193. The number of hydrogen-bond acceptors (Lipinski definition) is 3. The average Bonchev–Trinajstić information content (AvgIpc) is 2.58. The van der Waals surface area contributed by atoms with Gasteiger partial charge in [0, 0.05) is 16.1 Å². The first-order valence-corrected chi connectivity index (χ1v) is 9.75. The Morgan fingerprint density at radius 1 is 1.38 bits per heavy atom. The van der Waals surface area contributed by atoms with Crippen LogP contribution in [-0.4, -0.2) is 35.7 Å². The van der Waals surface area contributed by atoms with Gasteiger partial charge in [0.1, 0.15) is 5.75 Å². The molecule has 0 radical (unpaired) electrons. The summed E-state index contributed by atoms with van der Waals surface area (Å²) in [6.07, 6.45) is 4.85. The number of likely N-dealkylation sites (tertiary alicyclic amines) is 1. The van der Waals surface area contributed by atoms with Crippen molar-refractivity contribution in [1.82, 2.24) is 4.90 Å². The van der Waals surface area contributed by atoms with E-state index in [0.717, 1.165) is 55.4 Å². The molecule has 1 aliphatic heterocycles. The number of carbonyl (C=O) groups is 1. The molecule has 0 saturated carbocycles. The molecule has 0 amide bonds. The van der Waals surface area contributed by atoms with Gasteiger partial charge in [-0.1, -0.05) is 35.7 Å². The summed E-state index contributed by atoms with van der Waals surface area (Å²) in [4.78, 5) is 13.7. The van der Waals surface area contributed by atoms with E-state index in [-0.39, 0.29) is 5.92 Å². The van der Waals surface area contributed by atoms with Crippen LogP contribution in [0, 0.1) is 5.92 Å². The first kappa shape index (κ1) is 19.3. The van der Waals surface area contributed by atoms with Crippen LogP contribution in [0.3, 0.4) is 0 Å². The van der Waals surface area contributed by atoms with Crippen LogP contribution in [0.1, 0.15) is 57.6 Å². The van der Waals surface area contributed by atoms with Crippen LogP contribution >= 0.6 is 15.9 Å². The van der Waals surface area contributed by atoms with Crippen LogP contribution in [-0.2, 0) is 4.79 Å². The van der Waals surface area contributed by atoms with E-state index >= 15 is 0 Å². The van der Waals surface area contributed by atoms with Crippen LogP contribution in [0.5, 0.6) is 5.75 Å². The first-order valence-electron chi connectivity index (χ1n) is 8.95. The van der Waals surface area contributed by atoms with E-state index in [0.29, 0.717) is 12.6 Å². The standard InChI is InChI=1S/C19H28BrNO3/c1-3-5-6-17(21-11-9-14(10-12-21)19(22)23)16-13-15(20)7-8-18(16)24-4-2/h7-8,13-14,17H,3-6,9-12H2,1-2H3,(H,22,23). The SMILES string of the molecule is CCCCC(c1cc(Br)ccc1OCC)N1CCC(C(=O)O)CC1. The zero-order valence-corrected chi connectivity index (χ0v) is 16.2. The zero-order chi connectivity index (χ0) is 17.5. The third-order valence-electron chi connectivity index (χ3n) is 4.78. The maximum atomic E-state index is 11.2. The predicted molar refractivity (Wildman–Crippen MR) is 99.5 cm³/mol. The van der Waals surface area contributed by atoms with E-state index in [1.165, 1.54) is 5.56 Å². The van der Waals surface area contributed by atoms with Gasteiger partial charge in [0.15, 0.2) is 0 Å². The molecule has 1 aromatic carbocycles. The van der Waals surface area contributed by atoms with Crippen molar-refractivity contribution >= 4 is 21.9 Å². The predicted octanol–water partition coefficient (Wildman–Crippen LogP) is 4.88. The van der Waals surface area contributed by atoms with Crippen molar-refractivity contribution < 1.29 is 14.6 Å². The van der Waals surface area contributed by atoms with Crippen molar-refractivity contribution in [3.8, 4) is 5.75 Å². The first-order chi connectivity index (χ1) is 11.6. The molecule has 1 aromatic rings. The summed E-state index contributed by atoms with van der Waals surface area (Å²) in [5.41, 5.74) is 1.22. The Bertz CT molecular complexity index is 541. The van der Waals surface area contributed by atoms with E-state index in [4.69, 9.17) is 4.74 Å². The fourth-order valence-corrected chi connectivity index (χ4v) is 3.84. The lowest BCUT2D eigenvalue weighted by Crippen LogP contribution is -2.39. The van der Waals surface area contributed by atoms with Gasteiger partial charge in [0.25, 0.3) is 0 Å². The second kappa shape index (κ2) is 9.42. The number of unbranched alkanes of at least 4 members (excludes halogenated alkanes) is 1. The molecule has 4 nitrogen and oxygen atoms in total. The number of nitrogens with zero attached hydrogens (tertiary/aromatic N) is 1. The number of piperidine rings is 1. The van der Waals surface area contributed by atoms with Crippen molar-refractivity contribution in [3.05, 3.63) is 28.2 Å². The largest absolute Gasteiger partial charge is 0.494 e. The van der Waals surface area contributed by atoms with E-state index in [2.05, 4.69) is 33.8 Å². The number of carboxylic acid groups (broad SMARTS) is 1. The van der Waals surface area contributed by atoms with Crippen LogP contribution in [0.4, 0.5) is 0 Å². The molecule has 0 bridgehead atoms. The highest BCUT2D eigenvalue weighted by molar-refractivity contribution is 9.10. The van der Waals surface area contributed by atoms with E-state index in [9.17, 15) is 9.90 Å². The normalized spacial score (nSPS) is 17.6. The second-order valence-corrected chi connectivity index (χ2v) is 7.34. The molecule has 24 heavy (non-hydrogen) atoms. The fourth-order valence-electron chi connectivity index (χ4n) is 3.46. The molecular weight excluding hydrogens is 370 g/mol. The van der Waals surface area contributed by atoms with Crippen molar-refractivity contribution in [2.24, 2.45) is 5.92 Å². The molecule has 1 N–H and O–H groups in total. The molecule has 0 aliphatic carbocycles. The summed E-state index contributed by atoms with van der Waals surface area (Å²) < 4.78 is 6.92. The van der Waals surface area contributed by atoms with Crippen molar-refractivity contribution in [2.75, 3.05) is 19.7 Å². The Morgan fingerprint density at radius 2 is 2.08 bits per heavy atom. The molecule has 1 unspecified atom stereocenters. The molecule has 1 heterocycles. The van der Waals surface area contributed by atoms with Crippen LogP contribution < -0.4 is 4.74 Å². The monoisotopic (exact) mass is 397 g/mol. The summed E-state index contributed by atoms with van der Waals surface area (Å²) in [6, 6.07) is 6.50. The highest BCUT2D eigenvalue weighted by atomic mass is 79.9. The zero-order valence-electron chi connectivity index (χ0n) is 14.6. The summed E-state index contributed by atoms with van der Waals surface area (Å²) in [7, 11) is 0. The molecule has 1 aliphatic rings. The number of halogens is 1. The Morgan fingerprint density at radius 3 is 2.67 bits per heavy atom. The van der Waals surface area contributed by atoms with E-state index < -0.39 is 5.97 Å². The molecule has 2 rings (SSSR count). The second-order valence-electron chi connectivity index (χ2n) is 6.42. The molecule has 134 valence electrons. The average molecular weight is 398 g/mol. The van der Waals surface area contributed by atoms with Crippen LogP contribution in [0.15, 0.2) is 22.7 Å². The number of benzene rings is 1. The Balaban J connectivity index is 2.22. The number of ether oxygens (including phenoxy) is 1. The molecular formula is C19H28BrNO3. The highest BCUT2D eigenvalue weighted by Gasteiger charge is 2.30. The highest BCUT2D eigenvalue weighted by Crippen LogP contribution is 2.37. The number of hydrogen-bond donors (Lipinski definition) is 1. The topological polar surface area (TPSA) is 49.8 Å². The summed E-state index contributed by atoms with van der Waals surface area (Å²) >= 11 is 3.58. The third kappa shape index (κ3) is 4.96. The van der Waals surface area contributed by atoms with Gasteiger partial charge in [-0.2, -0.15) is 0 Å². The molecule has 0 aromatic heterocycles. The summed E-state index contributed by atoms with van der Waals surface area (Å²) in [5, 5.41) is 9.23. The minimum atomic E-state index is -0.655. The van der Waals surface area contributed by atoms with Crippen molar-refractivity contribution in [3.63, 3.8) is 0 Å². The molecule has 1 fully saturated rings. The van der Waals surface area contributed by atoms with E-state index in [1.54, 1.807) is 0 Å². The lowest BCUT2D eigenvalue weighted by molar-refractivity contribution is -0.143. The quantitative estimate of drug-likeness (QED) is 0.679. The van der Waals surface area contributed by atoms with Gasteiger partial charge in [-0.15, -0.1) is 0 Å². The Hall–Kier alpha value is -1.07. The van der Waals surface area contributed by atoms with Gasteiger partial charge < -0.3 is 9.84 Å².